The van der Waals surface area contributed by atoms with E-state index in [2.05, 4.69) is 5.32 Å². The summed E-state index contributed by atoms with van der Waals surface area (Å²) < 4.78 is 5.55. The van der Waals surface area contributed by atoms with E-state index in [0.29, 0.717) is 26.1 Å². The number of ether oxygens (including phenoxy) is 1. The van der Waals surface area contributed by atoms with Crippen molar-refractivity contribution in [3.8, 4) is 5.75 Å². The van der Waals surface area contributed by atoms with Gasteiger partial charge in [-0.05, 0) is 31.5 Å². The van der Waals surface area contributed by atoms with Gasteiger partial charge in [-0.1, -0.05) is 18.2 Å². The molecule has 0 unspecified atom stereocenters. The molecular formula is C13H20N2O2. The molecule has 0 saturated carbocycles. The van der Waals surface area contributed by atoms with Crippen LogP contribution >= 0.6 is 0 Å². The summed E-state index contributed by atoms with van der Waals surface area (Å²) in [5.41, 5.74) is 6.42. The van der Waals surface area contributed by atoms with Gasteiger partial charge >= 0.3 is 0 Å². The number of hydrogen-bond donors (Lipinski definition) is 2. The molecule has 0 atom stereocenters. The van der Waals surface area contributed by atoms with Gasteiger partial charge in [-0.3, -0.25) is 4.79 Å². The number of nitrogens with two attached hydrogens (primary N) is 1. The van der Waals surface area contributed by atoms with Crippen molar-refractivity contribution in [1.29, 1.82) is 0 Å². The summed E-state index contributed by atoms with van der Waals surface area (Å²) in [5, 5.41) is 2.79. The van der Waals surface area contributed by atoms with E-state index < -0.39 is 0 Å². The van der Waals surface area contributed by atoms with Crippen LogP contribution in [0, 0.1) is 6.92 Å². The molecule has 17 heavy (non-hydrogen) atoms. The minimum Gasteiger partial charge on any atom is -0.491 e. The molecule has 0 radical (unpaired) electrons. The van der Waals surface area contributed by atoms with Crippen LogP contribution in [0.25, 0.3) is 0 Å². The molecule has 1 aromatic carbocycles. The number of benzene rings is 1. The van der Waals surface area contributed by atoms with E-state index >= 15 is 0 Å². The minimum absolute atomic E-state index is 0.0313. The second-order valence-corrected chi connectivity index (χ2v) is 3.86. The number of carbonyl (C=O) groups excluding carboxylic acids is 1. The molecule has 0 aromatic heterocycles. The molecule has 0 heterocycles. The highest BCUT2D eigenvalue weighted by Crippen LogP contribution is 2.15. The second kappa shape index (κ2) is 7.68. The number of para-hydroxylation sites is 1. The van der Waals surface area contributed by atoms with Crippen LogP contribution in [0.15, 0.2) is 24.3 Å². The molecule has 0 fully saturated rings. The maximum Gasteiger partial charge on any atom is 0.220 e. The Morgan fingerprint density at radius 1 is 1.41 bits per heavy atom. The zero-order chi connectivity index (χ0) is 12.5. The van der Waals surface area contributed by atoms with E-state index in [1.54, 1.807) is 0 Å². The zero-order valence-electron chi connectivity index (χ0n) is 10.2. The van der Waals surface area contributed by atoms with Gasteiger partial charge in [0.25, 0.3) is 0 Å². The van der Waals surface area contributed by atoms with Gasteiger partial charge in [0.05, 0.1) is 6.54 Å². The maximum absolute atomic E-state index is 11.3. The van der Waals surface area contributed by atoms with Crippen molar-refractivity contribution in [3.05, 3.63) is 29.8 Å². The first-order chi connectivity index (χ1) is 8.24. The van der Waals surface area contributed by atoms with Gasteiger partial charge in [-0.25, -0.2) is 0 Å². The predicted octanol–water partition coefficient (Wildman–Crippen LogP) is 1.23. The molecule has 0 aliphatic rings. The summed E-state index contributed by atoms with van der Waals surface area (Å²) in [7, 11) is 0. The summed E-state index contributed by atoms with van der Waals surface area (Å²) in [6, 6.07) is 7.82. The maximum atomic E-state index is 11.3. The molecule has 4 heteroatoms. The molecule has 0 bridgehead atoms. The van der Waals surface area contributed by atoms with Gasteiger partial charge in [0.15, 0.2) is 0 Å². The van der Waals surface area contributed by atoms with Gasteiger partial charge in [-0.2, -0.15) is 0 Å². The number of nitrogens with one attached hydrogen (secondary N) is 1. The monoisotopic (exact) mass is 236 g/mol. The Bertz CT molecular complexity index is 353. The molecule has 3 N–H and O–H groups in total. The molecule has 0 aliphatic heterocycles. The Labute approximate surface area is 102 Å². The molecule has 94 valence electrons. The highest BCUT2D eigenvalue weighted by atomic mass is 16.5. The van der Waals surface area contributed by atoms with Gasteiger partial charge in [0.1, 0.15) is 12.4 Å². The number of aryl methyl sites for hydroxylation is 1. The number of rotatable bonds is 7. The molecule has 0 saturated heterocycles. The Kier molecular flexibility index (Phi) is 6.10. The standard InChI is InChI=1S/C13H20N2O2/c1-11-5-2-3-6-12(11)17-10-9-15-13(16)7-4-8-14/h2-3,5-6H,4,7-10,14H2,1H3,(H,15,16). The average molecular weight is 236 g/mol. The van der Waals surface area contributed by atoms with Crippen LogP contribution in [0.3, 0.4) is 0 Å². The fourth-order valence-electron chi connectivity index (χ4n) is 1.42. The van der Waals surface area contributed by atoms with Crippen LogP contribution in [-0.2, 0) is 4.79 Å². The third-order valence-electron chi connectivity index (χ3n) is 2.38. The third-order valence-corrected chi connectivity index (χ3v) is 2.38. The van der Waals surface area contributed by atoms with Gasteiger partial charge in [0.2, 0.25) is 5.91 Å². The first kappa shape index (κ1) is 13.5. The highest BCUT2D eigenvalue weighted by molar-refractivity contribution is 5.75. The summed E-state index contributed by atoms with van der Waals surface area (Å²) in [6.07, 6.45) is 1.21. The summed E-state index contributed by atoms with van der Waals surface area (Å²) in [4.78, 5) is 11.3. The van der Waals surface area contributed by atoms with Crippen LogP contribution < -0.4 is 15.8 Å². The number of carbonyl (C=O) groups is 1. The molecule has 4 nitrogen and oxygen atoms in total. The van der Waals surface area contributed by atoms with Crippen molar-refractivity contribution in [1.82, 2.24) is 5.32 Å². The highest BCUT2D eigenvalue weighted by Gasteiger charge is 2.00. The van der Waals surface area contributed by atoms with E-state index in [4.69, 9.17) is 10.5 Å². The van der Waals surface area contributed by atoms with Crippen LogP contribution in [0.1, 0.15) is 18.4 Å². The Morgan fingerprint density at radius 2 is 2.18 bits per heavy atom. The van der Waals surface area contributed by atoms with E-state index in [9.17, 15) is 4.79 Å². The van der Waals surface area contributed by atoms with Crippen LogP contribution in [-0.4, -0.2) is 25.6 Å². The van der Waals surface area contributed by atoms with Crippen LogP contribution in [0.2, 0.25) is 0 Å². The summed E-state index contributed by atoms with van der Waals surface area (Å²) >= 11 is 0. The lowest BCUT2D eigenvalue weighted by molar-refractivity contribution is -0.121. The number of hydrogen-bond acceptors (Lipinski definition) is 3. The normalized spacial score (nSPS) is 10.0. The van der Waals surface area contributed by atoms with E-state index in [0.717, 1.165) is 17.7 Å². The lowest BCUT2D eigenvalue weighted by Gasteiger charge is -2.09. The van der Waals surface area contributed by atoms with Gasteiger partial charge < -0.3 is 15.8 Å². The van der Waals surface area contributed by atoms with E-state index in [1.165, 1.54) is 0 Å². The van der Waals surface area contributed by atoms with Crippen molar-refractivity contribution in [2.45, 2.75) is 19.8 Å². The fraction of sp³-hybridized carbons (Fsp3) is 0.462. The van der Waals surface area contributed by atoms with Crippen molar-refractivity contribution < 1.29 is 9.53 Å². The van der Waals surface area contributed by atoms with E-state index in [-0.39, 0.29) is 5.91 Å². The fourth-order valence-corrected chi connectivity index (χ4v) is 1.42. The Hall–Kier alpha value is -1.55. The zero-order valence-corrected chi connectivity index (χ0v) is 10.2. The number of amides is 1. The summed E-state index contributed by atoms with van der Waals surface area (Å²) in [5.74, 6) is 0.896. The quantitative estimate of drug-likeness (QED) is 0.700. The molecule has 1 aromatic rings. The van der Waals surface area contributed by atoms with Gasteiger partial charge in [-0.15, -0.1) is 0 Å². The predicted molar refractivity (Wildman–Crippen MR) is 68.0 cm³/mol. The third kappa shape index (κ3) is 5.36. The smallest absolute Gasteiger partial charge is 0.220 e. The second-order valence-electron chi connectivity index (χ2n) is 3.86. The van der Waals surface area contributed by atoms with Crippen LogP contribution in [0.4, 0.5) is 0 Å². The van der Waals surface area contributed by atoms with E-state index in [1.807, 2.05) is 31.2 Å². The first-order valence-electron chi connectivity index (χ1n) is 5.89. The molecule has 0 spiro atoms. The molecule has 1 amide bonds. The van der Waals surface area contributed by atoms with Crippen molar-refractivity contribution in [2.24, 2.45) is 5.73 Å². The average Bonchev–Trinajstić information content (AvgIpc) is 2.34. The Balaban J connectivity index is 2.16. The lowest BCUT2D eigenvalue weighted by atomic mass is 10.2. The van der Waals surface area contributed by atoms with Crippen molar-refractivity contribution in [3.63, 3.8) is 0 Å². The summed E-state index contributed by atoms with van der Waals surface area (Å²) in [6.45, 7) is 3.55. The lowest BCUT2D eigenvalue weighted by Crippen LogP contribution is -2.28. The topological polar surface area (TPSA) is 64.3 Å². The van der Waals surface area contributed by atoms with Gasteiger partial charge in [0, 0.05) is 6.42 Å². The van der Waals surface area contributed by atoms with Crippen molar-refractivity contribution in [2.75, 3.05) is 19.7 Å². The Morgan fingerprint density at radius 3 is 2.88 bits per heavy atom. The SMILES string of the molecule is Cc1ccccc1OCCNC(=O)CCCN. The minimum atomic E-state index is 0.0313. The van der Waals surface area contributed by atoms with Crippen molar-refractivity contribution >= 4 is 5.91 Å². The molecule has 0 aliphatic carbocycles. The largest absolute Gasteiger partial charge is 0.491 e. The van der Waals surface area contributed by atoms with Crippen LogP contribution in [0.5, 0.6) is 5.75 Å². The first-order valence-corrected chi connectivity index (χ1v) is 5.89. The molecular weight excluding hydrogens is 216 g/mol. The molecule has 1 rings (SSSR count).